The van der Waals surface area contributed by atoms with Crippen LogP contribution in [0.3, 0.4) is 0 Å². The molecule has 0 saturated carbocycles. The number of imide groups is 1. The summed E-state index contributed by atoms with van der Waals surface area (Å²) in [5.74, 6) is -1.33. The molecule has 2 aromatic rings. The quantitative estimate of drug-likeness (QED) is 0.694. The Morgan fingerprint density at radius 3 is 2.43 bits per heavy atom. The van der Waals surface area contributed by atoms with Gasteiger partial charge in [-0.1, -0.05) is 18.2 Å². The van der Waals surface area contributed by atoms with Gasteiger partial charge in [0.25, 0.3) is 17.7 Å². The number of hydrogen-bond donors (Lipinski definition) is 1. The Labute approximate surface area is 131 Å². The molecule has 0 unspecified atom stereocenters. The molecule has 0 aromatic heterocycles. The largest absolute Gasteiger partial charge is 0.322 e. The summed E-state index contributed by atoms with van der Waals surface area (Å²) in [5, 5.41) is 11.4. The van der Waals surface area contributed by atoms with Crippen molar-refractivity contribution in [3.05, 3.63) is 65.2 Å². The van der Waals surface area contributed by atoms with Crippen molar-refractivity contribution in [3.63, 3.8) is 0 Å². The second-order valence-electron chi connectivity index (χ2n) is 4.94. The highest BCUT2D eigenvalue weighted by molar-refractivity contribution is 6.22. The molecule has 112 valence electrons. The highest BCUT2D eigenvalue weighted by Gasteiger charge is 2.35. The lowest BCUT2D eigenvalue weighted by Gasteiger charge is -2.07. The molecular formula is C17H11N3O3. The maximum Gasteiger partial charge on any atom is 0.262 e. The van der Waals surface area contributed by atoms with Crippen molar-refractivity contribution in [1.82, 2.24) is 4.90 Å². The Hall–Kier alpha value is -3.46. The zero-order valence-electron chi connectivity index (χ0n) is 11.9. The smallest absolute Gasteiger partial charge is 0.262 e. The number of carbonyl (C=O) groups is 3. The average Bonchev–Trinajstić information content (AvgIpc) is 2.81. The van der Waals surface area contributed by atoms with Gasteiger partial charge in [-0.3, -0.25) is 19.3 Å². The van der Waals surface area contributed by atoms with Crippen molar-refractivity contribution in [2.24, 2.45) is 0 Å². The summed E-state index contributed by atoms with van der Waals surface area (Å²) in [6, 6.07) is 14.9. The molecule has 0 bridgehead atoms. The van der Waals surface area contributed by atoms with Crippen LogP contribution in [0.5, 0.6) is 0 Å². The minimum atomic E-state index is -0.526. The number of fused-ring (bicyclic) bond motifs is 1. The highest BCUT2D eigenvalue weighted by Crippen LogP contribution is 2.25. The molecule has 3 rings (SSSR count). The lowest BCUT2D eigenvalue weighted by Crippen LogP contribution is -2.29. The standard InChI is InChI=1S/C17H11N3O3/c18-8-9-20-16(22)13-7-6-12(10-14(13)17(20)23)19-15(21)11-4-2-1-3-5-11/h1-7,10H,9H2,(H,19,21). The van der Waals surface area contributed by atoms with E-state index >= 15 is 0 Å². The summed E-state index contributed by atoms with van der Waals surface area (Å²) in [7, 11) is 0. The molecule has 1 N–H and O–H groups in total. The number of anilines is 1. The van der Waals surface area contributed by atoms with E-state index in [0.29, 0.717) is 11.3 Å². The van der Waals surface area contributed by atoms with Crippen molar-refractivity contribution >= 4 is 23.4 Å². The van der Waals surface area contributed by atoms with Crippen LogP contribution in [0.15, 0.2) is 48.5 Å². The molecule has 0 aliphatic carbocycles. The fourth-order valence-electron chi connectivity index (χ4n) is 2.38. The topological polar surface area (TPSA) is 90.3 Å². The Bertz CT molecular complexity index is 853. The number of amides is 3. The number of nitrogens with one attached hydrogen (secondary N) is 1. The first-order chi connectivity index (χ1) is 11.1. The van der Waals surface area contributed by atoms with Crippen molar-refractivity contribution in [1.29, 1.82) is 5.26 Å². The van der Waals surface area contributed by atoms with Crippen molar-refractivity contribution in [2.75, 3.05) is 11.9 Å². The van der Waals surface area contributed by atoms with Gasteiger partial charge in [0.1, 0.15) is 6.54 Å². The summed E-state index contributed by atoms with van der Waals surface area (Å²) >= 11 is 0. The molecular weight excluding hydrogens is 294 g/mol. The van der Waals surface area contributed by atoms with Crippen LogP contribution >= 0.6 is 0 Å². The summed E-state index contributed by atoms with van der Waals surface area (Å²) in [5.41, 5.74) is 1.33. The van der Waals surface area contributed by atoms with Crippen LogP contribution in [0, 0.1) is 11.3 Å². The molecule has 23 heavy (non-hydrogen) atoms. The Morgan fingerprint density at radius 2 is 1.74 bits per heavy atom. The third-order valence-electron chi connectivity index (χ3n) is 3.49. The Kier molecular flexibility index (Phi) is 3.61. The minimum Gasteiger partial charge on any atom is -0.322 e. The Balaban J connectivity index is 1.86. The molecule has 2 aromatic carbocycles. The highest BCUT2D eigenvalue weighted by atomic mass is 16.2. The number of rotatable bonds is 3. The van der Waals surface area contributed by atoms with E-state index in [1.165, 1.54) is 12.1 Å². The second kappa shape index (κ2) is 5.73. The van der Waals surface area contributed by atoms with Crippen LogP contribution < -0.4 is 5.32 Å². The Morgan fingerprint density at radius 1 is 1.04 bits per heavy atom. The third-order valence-corrected chi connectivity index (χ3v) is 3.49. The molecule has 1 aliphatic heterocycles. The summed E-state index contributed by atoms with van der Waals surface area (Å²) in [6.07, 6.45) is 0. The maximum absolute atomic E-state index is 12.1. The molecule has 0 radical (unpaired) electrons. The minimum absolute atomic E-state index is 0.191. The monoisotopic (exact) mass is 305 g/mol. The van der Waals surface area contributed by atoms with Crippen LogP contribution in [-0.4, -0.2) is 29.2 Å². The fraction of sp³-hybridized carbons (Fsp3) is 0.0588. The average molecular weight is 305 g/mol. The lowest BCUT2D eigenvalue weighted by atomic mass is 10.1. The van der Waals surface area contributed by atoms with Crippen molar-refractivity contribution in [2.45, 2.75) is 0 Å². The van der Waals surface area contributed by atoms with Crippen LogP contribution in [0.4, 0.5) is 5.69 Å². The second-order valence-corrected chi connectivity index (χ2v) is 4.94. The van der Waals surface area contributed by atoms with E-state index in [0.717, 1.165) is 4.90 Å². The van der Waals surface area contributed by atoms with Crippen molar-refractivity contribution < 1.29 is 14.4 Å². The van der Waals surface area contributed by atoms with Gasteiger partial charge in [-0.2, -0.15) is 5.26 Å². The molecule has 0 saturated heterocycles. The van der Waals surface area contributed by atoms with Gasteiger partial charge < -0.3 is 5.32 Å². The first-order valence-electron chi connectivity index (χ1n) is 6.85. The van der Waals surface area contributed by atoms with E-state index in [-0.39, 0.29) is 23.6 Å². The first kappa shape index (κ1) is 14.5. The zero-order valence-corrected chi connectivity index (χ0v) is 11.9. The molecule has 6 nitrogen and oxygen atoms in total. The summed E-state index contributed by atoms with van der Waals surface area (Å²) < 4.78 is 0. The zero-order chi connectivity index (χ0) is 16.4. The van der Waals surface area contributed by atoms with Gasteiger partial charge in [0.2, 0.25) is 0 Å². The van der Waals surface area contributed by atoms with E-state index < -0.39 is 11.8 Å². The van der Waals surface area contributed by atoms with Gasteiger partial charge in [-0.15, -0.1) is 0 Å². The molecule has 1 aliphatic rings. The number of hydrogen-bond acceptors (Lipinski definition) is 4. The molecule has 3 amide bonds. The molecule has 1 heterocycles. The predicted octanol–water partition coefficient (Wildman–Crippen LogP) is 2.06. The van der Waals surface area contributed by atoms with E-state index in [2.05, 4.69) is 5.32 Å². The van der Waals surface area contributed by atoms with E-state index in [1.807, 2.05) is 0 Å². The van der Waals surface area contributed by atoms with Gasteiger partial charge in [-0.05, 0) is 30.3 Å². The molecule has 6 heteroatoms. The van der Waals surface area contributed by atoms with E-state index in [4.69, 9.17) is 5.26 Å². The van der Waals surface area contributed by atoms with Crippen LogP contribution in [0.25, 0.3) is 0 Å². The predicted molar refractivity (Wildman–Crippen MR) is 81.8 cm³/mol. The van der Waals surface area contributed by atoms with Crippen molar-refractivity contribution in [3.8, 4) is 6.07 Å². The van der Waals surface area contributed by atoms with E-state index in [1.54, 1.807) is 42.5 Å². The normalized spacial score (nSPS) is 12.7. The lowest BCUT2D eigenvalue weighted by molar-refractivity contribution is 0.0673. The summed E-state index contributed by atoms with van der Waals surface area (Å²) in [6.45, 7) is -0.294. The SMILES string of the molecule is N#CCN1C(=O)c2ccc(NC(=O)c3ccccc3)cc2C1=O. The summed E-state index contributed by atoms with van der Waals surface area (Å²) in [4.78, 5) is 37.2. The number of carbonyl (C=O) groups excluding carboxylic acids is 3. The molecule has 0 spiro atoms. The van der Waals surface area contributed by atoms with Gasteiger partial charge in [-0.25, -0.2) is 0 Å². The van der Waals surface area contributed by atoms with Gasteiger partial charge in [0, 0.05) is 11.3 Å². The molecule has 0 fully saturated rings. The number of nitrogens with zero attached hydrogens (tertiary/aromatic N) is 2. The van der Waals surface area contributed by atoms with Gasteiger partial charge in [0.05, 0.1) is 17.2 Å². The first-order valence-corrected chi connectivity index (χ1v) is 6.85. The van der Waals surface area contributed by atoms with Gasteiger partial charge >= 0.3 is 0 Å². The van der Waals surface area contributed by atoms with Crippen LogP contribution in [0.2, 0.25) is 0 Å². The number of benzene rings is 2. The van der Waals surface area contributed by atoms with Crippen LogP contribution in [-0.2, 0) is 0 Å². The van der Waals surface area contributed by atoms with E-state index in [9.17, 15) is 14.4 Å². The van der Waals surface area contributed by atoms with Gasteiger partial charge in [0.15, 0.2) is 0 Å². The third kappa shape index (κ3) is 2.56. The number of nitriles is 1. The molecule has 0 atom stereocenters. The van der Waals surface area contributed by atoms with Crippen LogP contribution in [0.1, 0.15) is 31.1 Å². The fourth-order valence-corrected chi connectivity index (χ4v) is 2.38. The maximum atomic E-state index is 12.1.